The van der Waals surface area contributed by atoms with Gasteiger partial charge in [-0.1, -0.05) is 32.0 Å². The summed E-state index contributed by atoms with van der Waals surface area (Å²) in [5, 5.41) is 0. The molecule has 0 bridgehead atoms. The Kier molecular flexibility index (Phi) is 5.21. The average molecular weight is 327 g/mol. The number of benzene rings is 1. The van der Waals surface area contributed by atoms with Crippen LogP contribution in [0.4, 0.5) is 4.39 Å². The minimum atomic E-state index is -3.39. The van der Waals surface area contributed by atoms with Crippen molar-refractivity contribution in [2.75, 3.05) is 18.1 Å². The summed E-state index contributed by atoms with van der Waals surface area (Å²) >= 11 is 0. The molecule has 1 aromatic rings. The minimum absolute atomic E-state index is 0.00645. The number of carbonyl (C=O) groups excluding carboxylic acids is 1. The molecule has 0 spiro atoms. The number of likely N-dealkylation sites (tertiary alicyclic amines) is 1. The van der Waals surface area contributed by atoms with E-state index in [0.29, 0.717) is 24.9 Å². The second-order valence-electron chi connectivity index (χ2n) is 6.02. The van der Waals surface area contributed by atoms with Gasteiger partial charge < -0.3 is 4.90 Å². The van der Waals surface area contributed by atoms with Gasteiger partial charge in [-0.05, 0) is 24.8 Å². The predicted molar refractivity (Wildman–Crippen MR) is 83.6 cm³/mol. The molecule has 0 radical (unpaired) electrons. The lowest BCUT2D eigenvalue weighted by Gasteiger charge is -2.25. The van der Waals surface area contributed by atoms with Gasteiger partial charge in [-0.25, -0.2) is 12.8 Å². The average Bonchev–Trinajstić information content (AvgIpc) is 2.80. The predicted octanol–water partition coefficient (Wildman–Crippen LogP) is 2.56. The molecule has 1 saturated heterocycles. The lowest BCUT2D eigenvalue weighted by molar-refractivity contribution is -0.129. The Hall–Kier alpha value is -1.43. The number of carbonyl (C=O) groups is 1. The maximum Gasteiger partial charge on any atom is 0.238 e. The smallest absolute Gasteiger partial charge is 0.238 e. The molecular formula is C16H22FNO3S. The normalized spacial score (nSPS) is 22.0. The molecule has 2 atom stereocenters. The van der Waals surface area contributed by atoms with Gasteiger partial charge in [-0.15, -0.1) is 0 Å². The van der Waals surface area contributed by atoms with Gasteiger partial charge in [0.05, 0.1) is 11.8 Å². The van der Waals surface area contributed by atoms with Crippen LogP contribution < -0.4 is 0 Å². The third-order valence-electron chi connectivity index (χ3n) is 3.95. The first-order valence-corrected chi connectivity index (χ1v) is 9.40. The molecule has 0 saturated carbocycles. The summed E-state index contributed by atoms with van der Waals surface area (Å²) in [5.41, 5.74) is 0.466. The van der Waals surface area contributed by atoms with E-state index in [1.54, 1.807) is 25.1 Å². The van der Waals surface area contributed by atoms with Gasteiger partial charge in [0.15, 0.2) is 9.84 Å². The highest BCUT2D eigenvalue weighted by atomic mass is 32.2. The Labute approximate surface area is 131 Å². The molecule has 1 amide bonds. The lowest BCUT2D eigenvalue weighted by atomic mass is 10.0. The second kappa shape index (κ2) is 6.77. The maximum absolute atomic E-state index is 14.0. The van der Waals surface area contributed by atoms with Crippen LogP contribution in [0.15, 0.2) is 24.3 Å². The summed E-state index contributed by atoms with van der Waals surface area (Å²) in [6.45, 7) is 4.23. The van der Waals surface area contributed by atoms with Crippen LogP contribution >= 0.6 is 0 Å². The Bertz CT molecular complexity index is 645. The van der Waals surface area contributed by atoms with Gasteiger partial charge >= 0.3 is 0 Å². The number of nitrogens with zero attached hydrogens (tertiary/aromatic N) is 1. The van der Waals surface area contributed by atoms with Gasteiger partial charge in [0.25, 0.3) is 0 Å². The quantitative estimate of drug-likeness (QED) is 0.835. The first kappa shape index (κ1) is 16.9. The number of amides is 1. The Morgan fingerprint density at radius 2 is 2.05 bits per heavy atom. The zero-order chi connectivity index (χ0) is 16.3. The second-order valence-corrected chi connectivity index (χ2v) is 8.20. The molecule has 0 N–H and O–H groups in total. The van der Waals surface area contributed by atoms with Crippen molar-refractivity contribution in [3.8, 4) is 0 Å². The van der Waals surface area contributed by atoms with Crippen molar-refractivity contribution >= 4 is 15.7 Å². The van der Waals surface area contributed by atoms with Crippen LogP contribution in [0.2, 0.25) is 0 Å². The monoisotopic (exact) mass is 327 g/mol. The van der Waals surface area contributed by atoms with E-state index >= 15 is 0 Å². The van der Waals surface area contributed by atoms with Crippen molar-refractivity contribution in [1.82, 2.24) is 4.90 Å². The van der Waals surface area contributed by atoms with Crippen LogP contribution in [0, 0.1) is 11.7 Å². The molecule has 0 aromatic heterocycles. The summed E-state index contributed by atoms with van der Waals surface area (Å²) < 4.78 is 37.7. The SMILES string of the molecule is CCCS(=O)(=O)CC(=O)N1C[C@@H](C)C[C@@H]1c1ccccc1F. The van der Waals surface area contributed by atoms with E-state index < -0.39 is 21.5 Å². The van der Waals surface area contributed by atoms with E-state index in [1.165, 1.54) is 11.0 Å². The first-order chi connectivity index (χ1) is 10.3. The van der Waals surface area contributed by atoms with Crippen LogP contribution in [0.3, 0.4) is 0 Å². The summed E-state index contributed by atoms with van der Waals surface area (Å²) in [5.74, 6) is -1.03. The molecule has 2 rings (SSSR count). The Morgan fingerprint density at radius 3 is 2.68 bits per heavy atom. The zero-order valence-electron chi connectivity index (χ0n) is 13.0. The molecule has 22 heavy (non-hydrogen) atoms. The highest BCUT2D eigenvalue weighted by Gasteiger charge is 2.36. The van der Waals surface area contributed by atoms with Gasteiger partial charge in [0.2, 0.25) is 5.91 Å². The van der Waals surface area contributed by atoms with Crippen LogP contribution in [0.5, 0.6) is 0 Å². The molecule has 0 aliphatic carbocycles. The first-order valence-electron chi connectivity index (χ1n) is 7.58. The number of hydrogen-bond acceptors (Lipinski definition) is 3. The van der Waals surface area contributed by atoms with E-state index in [4.69, 9.17) is 0 Å². The fraction of sp³-hybridized carbons (Fsp3) is 0.562. The van der Waals surface area contributed by atoms with E-state index in [9.17, 15) is 17.6 Å². The van der Waals surface area contributed by atoms with E-state index in [2.05, 4.69) is 0 Å². The topological polar surface area (TPSA) is 54.5 Å². The van der Waals surface area contributed by atoms with E-state index in [-0.39, 0.29) is 23.5 Å². The molecule has 1 heterocycles. The largest absolute Gasteiger partial charge is 0.334 e. The molecule has 4 nitrogen and oxygen atoms in total. The Morgan fingerprint density at radius 1 is 1.36 bits per heavy atom. The molecule has 1 aliphatic heterocycles. The third-order valence-corrected chi connectivity index (χ3v) is 5.67. The molecular weight excluding hydrogens is 305 g/mol. The van der Waals surface area contributed by atoms with Gasteiger partial charge in [-0.3, -0.25) is 4.79 Å². The number of sulfone groups is 1. The van der Waals surface area contributed by atoms with Crippen LogP contribution in [-0.4, -0.2) is 37.3 Å². The van der Waals surface area contributed by atoms with Crippen LogP contribution in [0.25, 0.3) is 0 Å². The molecule has 6 heteroatoms. The molecule has 0 unspecified atom stereocenters. The Balaban J connectivity index is 2.21. The summed E-state index contributed by atoms with van der Waals surface area (Å²) in [6, 6.07) is 6.00. The van der Waals surface area contributed by atoms with Crippen LogP contribution in [-0.2, 0) is 14.6 Å². The fourth-order valence-electron chi connectivity index (χ4n) is 3.02. The van der Waals surface area contributed by atoms with Gasteiger partial charge in [0.1, 0.15) is 11.6 Å². The molecule has 1 aromatic carbocycles. The highest BCUT2D eigenvalue weighted by Crippen LogP contribution is 2.36. The summed E-state index contributed by atoms with van der Waals surface area (Å²) in [6.07, 6.45) is 1.14. The number of hydrogen-bond donors (Lipinski definition) is 0. The minimum Gasteiger partial charge on any atom is -0.334 e. The van der Waals surface area contributed by atoms with Crippen molar-refractivity contribution in [3.05, 3.63) is 35.6 Å². The van der Waals surface area contributed by atoms with Crippen molar-refractivity contribution in [2.24, 2.45) is 5.92 Å². The fourth-order valence-corrected chi connectivity index (χ4v) is 4.32. The lowest BCUT2D eigenvalue weighted by Crippen LogP contribution is -2.36. The highest BCUT2D eigenvalue weighted by molar-refractivity contribution is 7.92. The maximum atomic E-state index is 14.0. The van der Waals surface area contributed by atoms with Gasteiger partial charge in [-0.2, -0.15) is 0 Å². The third kappa shape index (κ3) is 3.85. The molecule has 1 fully saturated rings. The van der Waals surface area contributed by atoms with Crippen LogP contribution in [0.1, 0.15) is 38.3 Å². The zero-order valence-corrected chi connectivity index (χ0v) is 13.8. The standard InChI is InChI=1S/C16H22FNO3S/c1-3-8-22(20,21)11-16(19)18-10-12(2)9-15(18)13-6-4-5-7-14(13)17/h4-7,12,15H,3,8-11H2,1-2H3/t12-,15+/m0/s1. The van der Waals surface area contributed by atoms with E-state index in [0.717, 1.165) is 0 Å². The summed E-state index contributed by atoms with van der Waals surface area (Å²) in [4.78, 5) is 13.9. The number of rotatable bonds is 5. The van der Waals surface area contributed by atoms with Gasteiger partial charge in [0, 0.05) is 12.1 Å². The van der Waals surface area contributed by atoms with E-state index in [1.807, 2.05) is 6.92 Å². The molecule has 1 aliphatic rings. The van der Waals surface area contributed by atoms with Crippen molar-refractivity contribution in [3.63, 3.8) is 0 Å². The molecule has 122 valence electrons. The number of halogens is 1. The van der Waals surface area contributed by atoms with Crippen molar-refractivity contribution in [2.45, 2.75) is 32.7 Å². The van der Waals surface area contributed by atoms with Crippen molar-refractivity contribution in [1.29, 1.82) is 0 Å². The summed E-state index contributed by atoms with van der Waals surface area (Å²) in [7, 11) is -3.39. The van der Waals surface area contributed by atoms with Crippen molar-refractivity contribution < 1.29 is 17.6 Å².